The van der Waals surface area contributed by atoms with Gasteiger partial charge in [0.15, 0.2) is 5.79 Å². The van der Waals surface area contributed by atoms with Gasteiger partial charge in [-0.25, -0.2) is 9.78 Å². The number of amides is 3. The van der Waals surface area contributed by atoms with E-state index in [1.807, 2.05) is 13.0 Å². The number of nitrogens with one attached hydrogen (secondary N) is 2. The summed E-state index contributed by atoms with van der Waals surface area (Å²) in [6, 6.07) is 3.47. The van der Waals surface area contributed by atoms with Crippen molar-refractivity contribution >= 4 is 17.8 Å². The quantitative estimate of drug-likeness (QED) is 0.855. The van der Waals surface area contributed by atoms with Gasteiger partial charge in [-0.3, -0.25) is 4.79 Å². The monoisotopic (exact) mass is 348 g/mol. The van der Waals surface area contributed by atoms with Crippen molar-refractivity contribution in [3.05, 3.63) is 23.9 Å². The van der Waals surface area contributed by atoms with Gasteiger partial charge in [-0.05, 0) is 18.6 Å². The molecule has 25 heavy (non-hydrogen) atoms. The Balaban J connectivity index is 1.35. The molecule has 3 amide bonds. The molecule has 2 N–H and O–H groups in total. The van der Waals surface area contributed by atoms with Crippen LogP contribution in [0.3, 0.4) is 0 Å². The minimum absolute atomic E-state index is 0.158. The second kappa shape index (κ2) is 7.79. The molecule has 0 aliphatic carbocycles. The fourth-order valence-electron chi connectivity index (χ4n) is 2.98. The van der Waals surface area contributed by atoms with Crippen molar-refractivity contribution in [2.45, 2.75) is 32.0 Å². The van der Waals surface area contributed by atoms with Gasteiger partial charge in [-0.1, -0.05) is 6.07 Å². The fourth-order valence-corrected chi connectivity index (χ4v) is 2.98. The largest absolute Gasteiger partial charge is 0.347 e. The highest BCUT2D eigenvalue weighted by Crippen LogP contribution is 2.31. The van der Waals surface area contributed by atoms with Gasteiger partial charge < -0.3 is 25.0 Å². The van der Waals surface area contributed by atoms with Crippen molar-refractivity contribution in [1.29, 1.82) is 0 Å². The third-order valence-electron chi connectivity index (χ3n) is 4.43. The van der Waals surface area contributed by atoms with E-state index in [0.717, 1.165) is 5.56 Å². The average molecular weight is 348 g/mol. The molecule has 0 aromatic carbocycles. The number of carbonyl (C=O) groups excluding carboxylic acids is 2. The normalized spacial score (nSPS) is 19.0. The van der Waals surface area contributed by atoms with Crippen LogP contribution in [0, 0.1) is 6.92 Å². The van der Waals surface area contributed by atoms with Gasteiger partial charge >= 0.3 is 6.03 Å². The van der Waals surface area contributed by atoms with Gasteiger partial charge in [-0.15, -0.1) is 0 Å². The summed E-state index contributed by atoms with van der Waals surface area (Å²) in [6.45, 7) is 4.64. The highest BCUT2D eigenvalue weighted by atomic mass is 16.7. The van der Waals surface area contributed by atoms with Gasteiger partial charge in [0.05, 0.1) is 13.2 Å². The van der Waals surface area contributed by atoms with Crippen LogP contribution < -0.4 is 10.6 Å². The Labute approximate surface area is 146 Å². The Morgan fingerprint density at radius 3 is 2.60 bits per heavy atom. The zero-order valence-electron chi connectivity index (χ0n) is 14.4. The molecule has 3 heterocycles. The Bertz CT molecular complexity index is 604. The molecule has 3 rings (SSSR count). The molecule has 0 unspecified atom stereocenters. The van der Waals surface area contributed by atoms with Crippen LogP contribution in [0.25, 0.3) is 0 Å². The number of aromatic nitrogens is 1. The molecule has 2 aliphatic heterocycles. The van der Waals surface area contributed by atoms with Crippen LogP contribution >= 0.6 is 0 Å². The number of pyridine rings is 1. The fraction of sp³-hybridized carbons (Fsp3) is 0.588. The lowest BCUT2D eigenvalue weighted by Gasteiger charge is -2.37. The number of rotatable bonds is 4. The van der Waals surface area contributed by atoms with Gasteiger partial charge in [0.1, 0.15) is 5.82 Å². The molecule has 1 spiro atoms. The average Bonchev–Trinajstić information content (AvgIpc) is 3.05. The summed E-state index contributed by atoms with van der Waals surface area (Å²) < 4.78 is 11.3. The van der Waals surface area contributed by atoms with Gasteiger partial charge in [0.2, 0.25) is 5.91 Å². The number of piperidine rings is 1. The zero-order chi connectivity index (χ0) is 17.7. The molecule has 0 atom stereocenters. The van der Waals surface area contributed by atoms with E-state index in [1.54, 1.807) is 17.2 Å². The van der Waals surface area contributed by atoms with E-state index in [4.69, 9.17) is 9.47 Å². The number of ether oxygens (including phenoxy) is 2. The second-order valence-corrected chi connectivity index (χ2v) is 6.35. The molecule has 2 saturated heterocycles. The zero-order valence-corrected chi connectivity index (χ0v) is 14.4. The van der Waals surface area contributed by atoms with E-state index in [0.29, 0.717) is 45.0 Å². The summed E-state index contributed by atoms with van der Waals surface area (Å²) in [7, 11) is 0. The first-order valence-corrected chi connectivity index (χ1v) is 8.60. The van der Waals surface area contributed by atoms with Crippen LogP contribution in [-0.2, 0) is 14.3 Å². The summed E-state index contributed by atoms with van der Waals surface area (Å²) in [5.74, 6) is -0.153. The molecule has 2 aliphatic rings. The maximum atomic E-state index is 12.2. The predicted octanol–water partition coefficient (Wildman–Crippen LogP) is 1.27. The molecule has 0 saturated carbocycles. The highest BCUT2D eigenvalue weighted by molar-refractivity contribution is 5.90. The molecule has 136 valence electrons. The lowest BCUT2D eigenvalue weighted by molar-refractivity contribution is -0.181. The Kier molecular flexibility index (Phi) is 5.50. The van der Waals surface area contributed by atoms with Crippen LogP contribution in [0.2, 0.25) is 0 Å². The number of likely N-dealkylation sites (tertiary alicyclic amines) is 1. The van der Waals surface area contributed by atoms with Crippen molar-refractivity contribution in [1.82, 2.24) is 15.2 Å². The first kappa shape index (κ1) is 17.6. The molecule has 0 bridgehead atoms. The lowest BCUT2D eigenvalue weighted by Crippen LogP contribution is -2.50. The van der Waals surface area contributed by atoms with Crippen LogP contribution in [0.1, 0.15) is 24.8 Å². The van der Waals surface area contributed by atoms with Crippen molar-refractivity contribution in [2.24, 2.45) is 0 Å². The molecule has 1 aromatic heterocycles. The van der Waals surface area contributed by atoms with Crippen LogP contribution in [0.5, 0.6) is 0 Å². The maximum Gasteiger partial charge on any atom is 0.317 e. The number of aryl methyl sites for hydroxylation is 1. The van der Waals surface area contributed by atoms with E-state index < -0.39 is 5.79 Å². The number of anilines is 1. The minimum atomic E-state index is -0.488. The number of carbonyl (C=O) groups is 2. The topological polar surface area (TPSA) is 92.8 Å². The first-order valence-electron chi connectivity index (χ1n) is 8.60. The molecular weight excluding hydrogens is 324 g/mol. The molecular formula is C17H24N4O4. The van der Waals surface area contributed by atoms with E-state index in [9.17, 15) is 9.59 Å². The van der Waals surface area contributed by atoms with Gasteiger partial charge in [-0.2, -0.15) is 0 Å². The van der Waals surface area contributed by atoms with E-state index in [-0.39, 0.29) is 24.9 Å². The lowest BCUT2D eigenvalue weighted by atomic mass is 10.0. The number of nitrogens with zero attached hydrogens (tertiary/aromatic N) is 2. The molecule has 8 heteroatoms. The standard InChI is InChI=1S/C17H24N4O4/c1-13-2-3-14(19-12-13)20-15(22)4-7-18-16(23)21-8-5-17(6-9-21)24-10-11-25-17/h2-3,12H,4-11H2,1H3,(H,18,23)(H,19,20,22). The van der Waals surface area contributed by atoms with Crippen LogP contribution in [-0.4, -0.2) is 60.5 Å². The van der Waals surface area contributed by atoms with Crippen LogP contribution in [0.4, 0.5) is 10.6 Å². The number of hydrogen-bond acceptors (Lipinski definition) is 5. The number of urea groups is 1. The molecule has 0 radical (unpaired) electrons. The van der Waals surface area contributed by atoms with Crippen molar-refractivity contribution < 1.29 is 19.1 Å². The summed E-state index contributed by atoms with van der Waals surface area (Å²) in [6.07, 6.45) is 3.25. The van der Waals surface area contributed by atoms with Crippen molar-refractivity contribution in [2.75, 3.05) is 38.2 Å². The third-order valence-corrected chi connectivity index (χ3v) is 4.43. The summed E-state index contributed by atoms with van der Waals surface area (Å²) in [4.78, 5) is 29.9. The van der Waals surface area contributed by atoms with Crippen molar-refractivity contribution in [3.63, 3.8) is 0 Å². The molecule has 2 fully saturated rings. The summed E-state index contributed by atoms with van der Waals surface area (Å²) in [5, 5.41) is 5.49. The Morgan fingerprint density at radius 2 is 1.96 bits per heavy atom. The van der Waals surface area contributed by atoms with Crippen LogP contribution in [0.15, 0.2) is 18.3 Å². The van der Waals surface area contributed by atoms with E-state index >= 15 is 0 Å². The highest BCUT2D eigenvalue weighted by Gasteiger charge is 2.40. The van der Waals surface area contributed by atoms with E-state index in [1.165, 1.54) is 0 Å². The summed E-state index contributed by atoms with van der Waals surface area (Å²) in [5.41, 5.74) is 1.03. The van der Waals surface area contributed by atoms with Crippen molar-refractivity contribution in [3.8, 4) is 0 Å². The van der Waals surface area contributed by atoms with E-state index in [2.05, 4.69) is 15.6 Å². The smallest absolute Gasteiger partial charge is 0.317 e. The maximum absolute atomic E-state index is 12.2. The first-order chi connectivity index (χ1) is 12.1. The SMILES string of the molecule is Cc1ccc(NC(=O)CCNC(=O)N2CCC3(CC2)OCCO3)nc1. The minimum Gasteiger partial charge on any atom is -0.347 e. The molecule has 1 aromatic rings. The number of hydrogen-bond donors (Lipinski definition) is 2. The Hall–Kier alpha value is -2.19. The molecule has 8 nitrogen and oxygen atoms in total. The Morgan fingerprint density at radius 1 is 1.24 bits per heavy atom. The summed E-state index contributed by atoms with van der Waals surface area (Å²) >= 11 is 0. The third kappa shape index (κ3) is 4.67. The second-order valence-electron chi connectivity index (χ2n) is 6.35. The predicted molar refractivity (Wildman–Crippen MR) is 91.1 cm³/mol. The van der Waals surface area contributed by atoms with Gasteiger partial charge in [0, 0.05) is 45.1 Å². The van der Waals surface area contributed by atoms with Gasteiger partial charge in [0.25, 0.3) is 0 Å².